The highest BCUT2D eigenvalue weighted by atomic mass is 16.3. The van der Waals surface area contributed by atoms with Gasteiger partial charge in [0.15, 0.2) is 0 Å². The van der Waals surface area contributed by atoms with Crippen LogP contribution in [0, 0.1) is 11.3 Å². The Morgan fingerprint density at radius 2 is 1.88 bits per heavy atom. The zero-order valence-electron chi connectivity index (χ0n) is 11.5. The van der Waals surface area contributed by atoms with Crippen LogP contribution in [0.15, 0.2) is 0 Å². The Morgan fingerprint density at radius 1 is 1.24 bits per heavy atom. The molecule has 1 fully saturated rings. The summed E-state index contributed by atoms with van der Waals surface area (Å²) in [4.78, 5) is 0. The van der Waals surface area contributed by atoms with Crippen LogP contribution in [0.25, 0.3) is 0 Å². The van der Waals surface area contributed by atoms with Gasteiger partial charge in [-0.15, -0.1) is 0 Å². The molecule has 0 aliphatic heterocycles. The van der Waals surface area contributed by atoms with Crippen molar-refractivity contribution in [1.82, 2.24) is 5.32 Å². The summed E-state index contributed by atoms with van der Waals surface area (Å²) in [6.07, 6.45) is 7.22. The second-order valence-corrected chi connectivity index (χ2v) is 5.63. The van der Waals surface area contributed by atoms with Gasteiger partial charge in [-0.25, -0.2) is 0 Å². The molecule has 0 amide bonds. The third kappa shape index (κ3) is 3.94. The molecule has 1 saturated carbocycles. The first kappa shape index (κ1) is 14.9. The topological polar surface area (TPSA) is 58.3 Å². The summed E-state index contributed by atoms with van der Waals surface area (Å²) in [5, 5.41) is 13.2. The fraction of sp³-hybridized carbons (Fsp3) is 1.00. The maximum absolute atomic E-state index is 9.56. The molecule has 1 aliphatic carbocycles. The average Bonchev–Trinajstić information content (AvgIpc) is 2.41. The molecule has 1 aliphatic rings. The van der Waals surface area contributed by atoms with Crippen LogP contribution < -0.4 is 11.1 Å². The fourth-order valence-corrected chi connectivity index (χ4v) is 2.89. The molecule has 1 rings (SSSR count). The Morgan fingerprint density at radius 3 is 2.41 bits per heavy atom. The van der Waals surface area contributed by atoms with Crippen molar-refractivity contribution < 1.29 is 5.11 Å². The van der Waals surface area contributed by atoms with Crippen molar-refractivity contribution in [2.45, 2.75) is 58.4 Å². The Balaban J connectivity index is 2.46. The van der Waals surface area contributed by atoms with Gasteiger partial charge in [0, 0.05) is 24.6 Å². The lowest BCUT2D eigenvalue weighted by Gasteiger charge is -2.36. The van der Waals surface area contributed by atoms with Gasteiger partial charge >= 0.3 is 0 Å². The first-order valence-corrected chi connectivity index (χ1v) is 7.25. The van der Waals surface area contributed by atoms with E-state index in [2.05, 4.69) is 19.2 Å². The minimum absolute atomic E-state index is 0.0661. The zero-order chi connectivity index (χ0) is 12.7. The summed E-state index contributed by atoms with van der Waals surface area (Å²) >= 11 is 0. The molecule has 102 valence electrons. The highest BCUT2D eigenvalue weighted by Gasteiger charge is 2.29. The third-order valence-electron chi connectivity index (χ3n) is 4.79. The van der Waals surface area contributed by atoms with E-state index < -0.39 is 0 Å². The molecule has 0 spiro atoms. The number of aliphatic hydroxyl groups is 1. The average molecular weight is 242 g/mol. The molecule has 0 bridgehead atoms. The molecule has 0 saturated heterocycles. The second-order valence-electron chi connectivity index (χ2n) is 5.63. The molecule has 0 aromatic carbocycles. The smallest absolute Gasteiger partial charge is 0.0499 e. The predicted octanol–water partition coefficient (Wildman–Crippen LogP) is 1.89. The molecular weight excluding hydrogens is 212 g/mol. The van der Waals surface area contributed by atoms with Crippen LogP contribution in [0.3, 0.4) is 0 Å². The fourth-order valence-electron chi connectivity index (χ4n) is 2.89. The van der Waals surface area contributed by atoms with Gasteiger partial charge in [-0.05, 0) is 38.1 Å². The van der Waals surface area contributed by atoms with Crippen molar-refractivity contribution in [2.75, 3.05) is 19.7 Å². The Labute approximate surface area is 106 Å². The first-order valence-electron chi connectivity index (χ1n) is 7.25. The normalized spacial score (nSPS) is 26.1. The van der Waals surface area contributed by atoms with Gasteiger partial charge < -0.3 is 16.2 Å². The van der Waals surface area contributed by atoms with Gasteiger partial charge in [-0.2, -0.15) is 0 Å². The van der Waals surface area contributed by atoms with Gasteiger partial charge in [0.05, 0.1) is 0 Å². The largest absolute Gasteiger partial charge is 0.396 e. The van der Waals surface area contributed by atoms with Gasteiger partial charge in [0.25, 0.3) is 0 Å². The monoisotopic (exact) mass is 242 g/mol. The summed E-state index contributed by atoms with van der Waals surface area (Å²) in [7, 11) is 0. The van der Waals surface area contributed by atoms with Crippen molar-refractivity contribution in [3.63, 3.8) is 0 Å². The molecule has 0 aromatic heterocycles. The van der Waals surface area contributed by atoms with Crippen molar-refractivity contribution in [3.05, 3.63) is 0 Å². The molecule has 0 heterocycles. The van der Waals surface area contributed by atoms with Crippen LogP contribution >= 0.6 is 0 Å². The molecule has 4 N–H and O–H groups in total. The van der Waals surface area contributed by atoms with Crippen molar-refractivity contribution in [3.8, 4) is 0 Å². The van der Waals surface area contributed by atoms with Crippen LogP contribution in [-0.2, 0) is 0 Å². The molecule has 3 heteroatoms. The van der Waals surface area contributed by atoms with E-state index in [1.54, 1.807) is 0 Å². The van der Waals surface area contributed by atoms with Crippen LogP contribution in [0.2, 0.25) is 0 Å². The molecule has 17 heavy (non-hydrogen) atoms. The lowest BCUT2D eigenvalue weighted by atomic mass is 9.80. The number of aliphatic hydroxyl groups excluding tert-OH is 1. The highest BCUT2D eigenvalue weighted by Crippen LogP contribution is 2.27. The van der Waals surface area contributed by atoms with Gasteiger partial charge in [0.1, 0.15) is 0 Å². The quantitative estimate of drug-likeness (QED) is 0.639. The van der Waals surface area contributed by atoms with E-state index in [4.69, 9.17) is 5.73 Å². The standard InChI is InChI=1S/C14H30N2O/c1-3-14(4-2,11-17)10-16-13-8-6-5-7-12(13)9-15/h12-13,16-17H,3-11,15H2,1-2H3. The summed E-state index contributed by atoms with van der Waals surface area (Å²) < 4.78 is 0. The Bertz CT molecular complexity index is 196. The second kappa shape index (κ2) is 7.34. The van der Waals surface area contributed by atoms with Crippen LogP contribution in [0.5, 0.6) is 0 Å². The number of hydrogen-bond acceptors (Lipinski definition) is 3. The van der Waals surface area contributed by atoms with Crippen LogP contribution in [0.4, 0.5) is 0 Å². The zero-order valence-corrected chi connectivity index (χ0v) is 11.5. The van der Waals surface area contributed by atoms with Gasteiger partial charge in [-0.1, -0.05) is 26.7 Å². The maximum atomic E-state index is 9.56. The molecular formula is C14H30N2O. The number of nitrogens with two attached hydrogens (primary N) is 1. The Hall–Kier alpha value is -0.120. The van der Waals surface area contributed by atoms with Gasteiger partial charge in [-0.3, -0.25) is 0 Å². The number of nitrogens with one attached hydrogen (secondary N) is 1. The summed E-state index contributed by atoms with van der Waals surface area (Å²) in [6, 6.07) is 0.567. The maximum Gasteiger partial charge on any atom is 0.0499 e. The summed E-state index contributed by atoms with van der Waals surface area (Å²) in [6.45, 7) is 6.35. The van der Waals surface area contributed by atoms with Crippen molar-refractivity contribution in [1.29, 1.82) is 0 Å². The number of rotatable bonds is 7. The van der Waals surface area contributed by atoms with Crippen LogP contribution in [0.1, 0.15) is 52.4 Å². The van der Waals surface area contributed by atoms with E-state index >= 15 is 0 Å². The molecule has 3 nitrogen and oxygen atoms in total. The molecule has 2 atom stereocenters. The molecule has 2 unspecified atom stereocenters. The number of hydrogen-bond donors (Lipinski definition) is 3. The van der Waals surface area contributed by atoms with Crippen LogP contribution in [-0.4, -0.2) is 30.8 Å². The van der Waals surface area contributed by atoms with E-state index in [0.717, 1.165) is 25.9 Å². The molecule has 0 aromatic rings. The Kier molecular flexibility index (Phi) is 6.45. The predicted molar refractivity (Wildman–Crippen MR) is 72.9 cm³/mol. The lowest BCUT2D eigenvalue weighted by molar-refractivity contribution is 0.102. The minimum Gasteiger partial charge on any atom is -0.396 e. The summed E-state index contributed by atoms with van der Waals surface area (Å²) in [5.41, 5.74) is 5.91. The SMILES string of the molecule is CCC(CC)(CO)CNC1CCCCC1CN. The van der Waals surface area contributed by atoms with E-state index in [-0.39, 0.29) is 12.0 Å². The van der Waals surface area contributed by atoms with Crippen molar-refractivity contribution >= 4 is 0 Å². The molecule has 0 radical (unpaired) electrons. The highest BCUT2D eigenvalue weighted by molar-refractivity contribution is 4.85. The third-order valence-corrected chi connectivity index (χ3v) is 4.79. The van der Waals surface area contributed by atoms with Crippen molar-refractivity contribution in [2.24, 2.45) is 17.1 Å². The van der Waals surface area contributed by atoms with E-state index in [1.807, 2.05) is 0 Å². The van der Waals surface area contributed by atoms with E-state index in [0.29, 0.717) is 12.0 Å². The van der Waals surface area contributed by atoms with Gasteiger partial charge in [0.2, 0.25) is 0 Å². The first-order chi connectivity index (χ1) is 8.21. The summed E-state index contributed by atoms with van der Waals surface area (Å²) in [5.74, 6) is 0.633. The van der Waals surface area contributed by atoms with E-state index in [9.17, 15) is 5.11 Å². The lowest BCUT2D eigenvalue weighted by Crippen LogP contribution is -2.47. The van der Waals surface area contributed by atoms with E-state index in [1.165, 1.54) is 25.7 Å². The minimum atomic E-state index is 0.0661.